The lowest BCUT2D eigenvalue weighted by Gasteiger charge is -2.02. The quantitative estimate of drug-likeness (QED) is 0.505. The van der Waals surface area contributed by atoms with E-state index in [1.165, 1.54) is 11.1 Å². The summed E-state index contributed by atoms with van der Waals surface area (Å²) in [7, 11) is 0. The third kappa shape index (κ3) is 4.24. The Balaban J connectivity index is 1.37. The summed E-state index contributed by atoms with van der Waals surface area (Å²) in [4.78, 5) is 12.1. The lowest BCUT2D eigenvalue weighted by Crippen LogP contribution is -1.96. The molecule has 0 saturated carbocycles. The smallest absolute Gasteiger partial charge is 0.146 e. The number of aromatic nitrogens is 3. The van der Waals surface area contributed by atoms with Gasteiger partial charge in [0, 0.05) is 23.9 Å². The minimum absolute atomic E-state index is 0.434. The Hall–Kier alpha value is -2.79. The molecular weight excluding hydrogens is 342 g/mol. The average molecular weight is 361 g/mol. The van der Waals surface area contributed by atoms with Crippen molar-refractivity contribution in [2.45, 2.75) is 18.1 Å². The van der Waals surface area contributed by atoms with Gasteiger partial charge >= 0.3 is 0 Å². The zero-order chi connectivity index (χ0) is 17.6. The Morgan fingerprint density at radius 1 is 0.923 bits per heavy atom. The Morgan fingerprint density at radius 2 is 1.81 bits per heavy atom. The Morgan fingerprint density at radius 3 is 2.65 bits per heavy atom. The Bertz CT molecular complexity index is 970. The van der Waals surface area contributed by atoms with E-state index in [0.717, 1.165) is 34.1 Å². The highest BCUT2D eigenvalue weighted by molar-refractivity contribution is 7.97. The van der Waals surface area contributed by atoms with Crippen molar-refractivity contribution >= 4 is 22.8 Å². The van der Waals surface area contributed by atoms with Gasteiger partial charge < -0.3 is 9.72 Å². The van der Waals surface area contributed by atoms with Crippen LogP contribution in [-0.4, -0.2) is 15.0 Å². The van der Waals surface area contributed by atoms with E-state index in [0.29, 0.717) is 6.61 Å². The first-order valence-corrected chi connectivity index (χ1v) is 9.64. The summed E-state index contributed by atoms with van der Waals surface area (Å²) in [6.45, 7) is 0.434. The average Bonchev–Trinajstić information content (AvgIpc) is 3.10. The minimum atomic E-state index is 0.434. The summed E-state index contributed by atoms with van der Waals surface area (Å²) in [6, 6.07) is 20.3. The SMILES string of the molecule is c1ccc(OCc2nc3cc(CSCc4cccnc4)ccc3[nH]2)cc1. The van der Waals surface area contributed by atoms with Crippen molar-refractivity contribution in [1.29, 1.82) is 0 Å². The van der Waals surface area contributed by atoms with Gasteiger partial charge in [0.15, 0.2) is 0 Å². The highest BCUT2D eigenvalue weighted by Crippen LogP contribution is 2.21. The molecule has 1 N–H and O–H groups in total. The number of fused-ring (bicyclic) bond motifs is 1. The molecule has 4 nitrogen and oxygen atoms in total. The van der Waals surface area contributed by atoms with Gasteiger partial charge in [0.1, 0.15) is 18.2 Å². The molecule has 4 rings (SSSR count). The van der Waals surface area contributed by atoms with Crippen LogP contribution >= 0.6 is 11.8 Å². The number of nitrogens with one attached hydrogen (secondary N) is 1. The van der Waals surface area contributed by atoms with E-state index in [1.54, 1.807) is 6.20 Å². The summed E-state index contributed by atoms with van der Waals surface area (Å²) < 4.78 is 5.76. The topological polar surface area (TPSA) is 50.8 Å². The van der Waals surface area contributed by atoms with Crippen LogP contribution in [0.4, 0.5) is 0 Å². The predicted molar refractivity (Wildman–Crippen MR) is 106 cm³/mol. The molecule has 2 aromatic carbocycles. The molecular formula is C21H19N3OS. The van der Waals surface area contributed by atoms with Crippen LogP contribution in [0.2, 0.25) is 0 Å². The van der Waals surface area contributed by atoms with Crippen LogP contribution in [0.15, 0.2) is 73.1 Å². The molecule has 26 heavy (non-hydrogen) atoms. The second-order valence-corrected chi connectivity index (χ2v) is 6.98. The number of hydrogen-bond acceptors (Lipinski definition) is 4. The number of imidazole rings is 1. The van der Waals surface area contributed by atoms with Crippen molar-refractivity contribution in [3.8, 4) is 5.75 Å². The molecule has 0 fully saturated rings. The van der Waals surface area contributed by atoms with Crippen LogP contribution in [0.25, 0.3) is 11.0 Å². The van der Waals surface area contributed by atoms with Gasteiger partial charge in [-0.3, -0.25) is 4.98 Å². The first-order valence-electron chi connectivity index (χ1n) is 8.49. The number of hydrogen-bond donors (Lipinski definition) is 1. The number of para-hydroxylation sites is 1. The maximum Gasteiger partial charge on any atom is 0.146 e. The fraction of sp³-hybridized carbons (Fsp3) is 0.143. The lowest BCUT2D eigenvalue weighted by molar-refractivity contribution is 0.297. The predicted octanol–water partition coefficient (Wildman–Crippen LogP) is 4.97. The molecule has 0 saturated heterocycles. The summed E-state index contributed by atoms with van der Waals surface area (Å²) in [5.74, 6) is 3.60. The molecule has 0 atom stereocenters. The molecule has 0 aliphatic carbocycles. The van der Waals surface area contributed by atoms with Gasteiger partial charge in [0.05, 0.1) is 11.0 Å². The van der Waals surface area contributed by atoms with E-state index in [9.17, 15) is 0 Å². The number of thioether (sulfide) groups is 1. The van der Waals surface area contributed by atoms with Crippen molar-refractivity contribution < 1.29 is 4.74 Å². The molecule has 5 heteroatoms. The van der Waals surface area contributed by atoms with Crippen LogP contribution in [-0.2, 0) is 18.1 Å². The maximum atomic E-state index is 5.76. The van der Waals surface area contributed by atoms with E-state index in [1.807, 2.05) is 54.4 Å². The highest BCUT2D eigenvalue weighted by atomic mass is 32.2. The summed E-state index contributed by atoms with van der Waals surface area (Å²) in [5.41, 5.74) is 4.54. The normalized spacial score (nSPS) is 10.9. The van der Waals surface area contributed by atoms with Gasteiger partial charge in [0.2, 0.25) is 0 Å². The van der Waals surface area contributed by atoms with E-state index in [4.69, 9.17) is 4.74 Å². The second kappa shape index (κ2) is 8.06. The van der Waals surface area contributed by atoms with Gasteiger partial charge in [-0.15, -0.1) is 0 Å². The van der Waals surface area contributed by atoms with Crippen molar-refractivity contribution in [3.05, 3.63) is 90.0 Å². The fourth-order valence-electron chi connectivity index (χ4n) is 2.70. The molecule has 0 spiro atoms. The Kier molecular flexibility index (Phi) is 5.17. The van der Waals surface area contributed by atoms with Gasteiger partial charge in [-0.1, -0.05) is 30.3 Å². The number of rotatable bonds is 7. The molecule has 2 heterocycles. The van der Waals surface area contributed by atoms with Gasteiger partial charge in [-0.2, -0.15) is 11.8 Å². The molecule has 0 bridgehead atoms. The number of benzene rings is 2. The van der Waals surface area contributed by atoms with E-state index < -0.39 is 0 Å². The van der Waals surface area contributed by atoms with Crippen LogP contribution < -0.4 is 4.74 Å². The zero-order valence-electron chi connectivity index (χ0n) is 14.3. The molecule has 0 radical (unpaired) electrons. The number of H-pyrrole nitrogens is 1. The van der Waals surface area contributed by atoms with E-state index in [-0.39, 0.29) is 0 Å². The third-order valence-corrected chi connectivity index (χ3v) is 5.05. The number of nitrogens with zero attached hydrogens (tertiary/aromatic N) is 2. The first-order chi connectivity index (χ1) is 12.9. The number of pyridine rings is 1. The van der Waals surface area contributed by atoms with Crippen molar-refractivity contribution in [1.82, 2.24) is 15.0 Å². The Labute approximate surface area is 156 Å². The standard InChI is InChI=1S/C21H19N3OS/c1-2-6-18(7-3-1)25-13-21-23-19-9-8-16(11-20(19)24-21)14-26-15-17-5-4-10-22-12-17/h1-12H,13-15H2,(H,23,24). The largest absolute Gasteiger partial charge is 0.486 e. The first kappa shape index (κ1) is 16.7. The molecule has 0 aliphatic heterocycles. The molecule has 2 aromatic heterocycles. The number of ether oxygens (including phenoxy) is 1. The van der Waals surface area contributed by atoms with Gasteiger partial charge in [-0.05, 0) is 41.5 Å². The second-order valence-electron chi connectivity index (χ2n) is 5.99. The van der Waals surface area contributed by atoms with Crippen LogP contribution in [0, 0.1) is 0 Å². The molecule has 4 aromatic rings. The monoisotopic (exact) mass is 361 g/mol. The summed E-state index contributed by atoms with van der Waals surface area (Å²) in [6.07, 6.45) is 3.72. The van der Waals surface area contributed by atoms with Crippen molar-refractivity contribution in [3.63, 3.8) is 0 Å². The number of aromatic amines is 1. The van der Waals surface area contributed by atoms with Gasteiger partial charge in [0.25, 0.3) is 0 Å². The zero-order valence-corrected chi connectivity index (χ0v) is 15.1. The summed E-state index contributed by atoms with van der Waals surface area (Å²) in [5, 5.41) is 0. The minimum Gasteiger partial charge on any atom is -0.486 e. The third-order valence-electron chi connectivity index (χ3n) is 3.98. The molecule has 130 valence electrons. The highest BCUT2D eigenvalue weighted by Gasteiger charge is 2.05. The van der Waals surface area contributed by atoms with Crippen LogP contribution in [0.1, 0.15) is 17.0 Å². The van der Waals surface area contributed by atoms with Crippen LogP contribution in [0.5, 0.6) is 5.75 Å². The molecule has 0 unspecified atom stereocenters. The van der Waals surface area contributed by atoms with E-state index >= 15 is 0 Å². The van der Waals surface area contributed by atoms with E-state index in [2.05, 4.69) is 39.2 Å². The van der Waals surface area contributed by atoms with Crippen LogP contribution in [0.3, 0.4) is 0 Å². The molecule has 0 amide bonds. The molecule has 0 aliphatic rings. The lowest BCUT2D eigenvalue weighted by atomic mass is 10.2. The van der Waals surface area contributed by atoms with Gasteiger partial charge in [-0.25, -0.2) is 4.98 Å². The summed E-state index contributed by atoms with van der Waals surface area (Å²) >= 11 is 1.88. The maximum absolute atomic E-state index is 5.76. The van der Waals surface area contributed by atoms with Crippen molar-refractivity contribution in [2.75, 3.05) is 0 Å². The fourth-order valence-corrected chi connectivity index (χ4v) is 3.62. The van der Waals surface area contributed by atoms with Crippen molar-refractivity contribution in [2.24, 2.45) is 0 Å².